The van der Waals surface area contributed by atoms with Crippen molar-refractivity contribution in [3.05, 3.63) is 42.2 Å². The quantitative estimate of drug-likeness (QED) is 0.669. The van der Waals surface area contributed by atoms with E-state index < -0.39 is 0 Å². The van der Waals surface area contributed by atoms with Gasteiger partial charge in [-0.1, -0.05) is 6.07 Å². The lowest BCUT2D eigenvalue weighted by Gasteiger charge is -2.01. The fourth-order valence-corrected chi connectivity index (χ4v) is 1.90. The zero-order valence-electron chi connectivity index (χ0n) is 9.31. The molecule has 0 saturated heterocycles. The second-order valence-corrected chi connectivity index (χ2v) is 3.98. The number of aromatic hydroxyl groups is 1. The number of hydrogen-bond donors (Lipinski definition) is 2. The van der Waals surface area contributed by atoms with Crippen LogP contribution in [0, 0.1) is 6.92 Å². The van der Waals surface area contributed by atoms with Crippen LogP contribution in [0.5, 0.6) is 6.01 Å². The van der Waals surface area contributed by atoms with Crippen LogP contribution >= 0.6 is 0 Å². The summed E-state index contributed by atoms with van der Waals surface area (Å²) in [6, 6.07) is 9.78. The SMILES string of the molecule is Cc1cc(-c2ccc3[nH]c(O)nc3c2)ccn1. The summed E-state index contributed by atoms with van der Waals surface area (Å²) in [4.78, 5) is 11.0. The van der Waals surface area contributed by atoms with Crippen LogP contribution in [0.3, 0.4) is 0 Å². The molecule has 4 nitrogen and oxygen atoms in total. The number of pyridine rings is 1. The van der Waals surface area contributed by atoms with Crippen LogP contribution in [0.1, 0.15) is 5.69 Å². The van der Waals surface area contributed by atoms with E-state index in [1.54, 1.807) is 6.20 Å². The van der Waals surface area contributed by atoms with E-state index in [1.165, 1.54) is 0 Å². The molecule has 0 unspecified atom stereocenters. The van der Waals surface area contributed by atoms with E-state index in [0.29, 0.717) is 0 Å². The summed E-state index contributed by atoms with van der Waals surface area (Å²) >= 11 is 0. The second kappa shape index (κ2) is 3.59. The maximum absolute atomic E-state index is 9.29. The normalized spacial score (nSPS) is 10.9. The number of imidazole rings is 1. The zero-order chi connectivity index (χ0) is 11.8. The number of rotatable bonds is 1. The number of aromatic nitrogens is 3. The average molecular weight is 225 g/mol. The van der Waals surface area contributed by atoms with E-state index in [-0.39, 0.29) is 6.01 Å². The molecule has 0 radical (unpaired) electrons. The smallest absolute Gasteiger partial charge is 0.292 e. The van der Waals surface area contributed by atoms with E-state index >= 15 is 0 Å². The van der Waals surface area contributed by atoms with Crippen LogP contribution in [0.2, 0.25) is 0 Å². The van der Waals surface area contributed by atoms with Gasteiger partial charge in [-0.2, -0.15) is 4.98 Å². The minimum absolute atomic E-state index is 0.0527. The van der Waals surface area contributed by atoms with Gasteiger partial charge in [0.15, 0.2) is 0 Å². The van der Waals surface area contributed by atoms with Crippen molar-refractivity contribution in [2.75, 3.05) is 0 Å². The Bertz CT molecular complexity index is 688. The highest BCUT2D eigenvalue weighted by Gasteiger charge is 2.04. The predicted molar refractivity (Wildman–Crippen MR) is 65.7 cm³/mol. The molecule has 0 aliphatic heterocycles. The van der Waals surface area contributed by atoms with Crippen LogP contribution < -0.4 is 0 Å². The molecular formula is C13H11N3O. The van der Waals surface area contributed by atoms with E-state index in [2.05, 4.69) is 15.0 Å². The summed E-state index contributed by atoms with van der Waals surface area (Å²) in [5.74, 6) is 0. The summed E-state index contributed by atoms with van der Waals surface area (Å²) in [5.41, 5.74) is 4.73. The van der Waals surface area contributed by atoms with Gasteiger partial charge >= 0.3 is 0 Å². The molecule has 1 aromatic carbocycles. The van der Waals surface area contributed by atoms with Crippen molar-refractivity contribution in [1.29, 1.82) is 0 Å². The van der Waals surface area contributed by atoms with Gasteiger partial charge in [0.1, 0.15) is 0 Å². The molecule has 17 heavy (non-hydrogen) atoms. The Morgan fingerprint density at radius 2 is 1.94 bits per heavy atom. The highest BCUT2D eigenvalue weighted by Crippen LogP contribution is 2.24. The van der Waals surface area contributed by atoms with Crippen LogP contribution in [0.4, 0.5) is 0 Å². The van der Waals surface area contributed by atoms with E-state index in [0.717, 1.165) is 27.9 Å². The number of nitrogens with zero attached hydrogens (tertiary/aromatic N) is 2. The Labute approximate surface area is 98.0 Å². The Hall–Kier alpha value is -2.36. The van der Waals surface area contributed by atoms with Crippen molar-refractivity contribution in [3.63, 3.8) is 0 Å². The highest BCUT2D eigenvalue weighted by atomic mass is 16.3. The first-order valence-corrected chi connectivity index (χ1v) is 5.34. The first-order chi connectivity index (χ1) is 8.22. The molecule has 0 saturated carbocycles. The number of aryl methyl sites for hydroxylation is 1. The third-order valence-electron chi connectivity index (χ3n) is 2.70. The molecule has 2 N–H and O–H groups in total. The highest BCUT2D eigenvalue weighted by molar-refractivity contribution is 5.82. The van der Waals surface area contributed by atoms with Gasteiger partial charge in [0.2, 0.25) is 0 Å². The second-order valence-electron chi connectivity index (χ2n) is 3.98. The molecule has 4 heteroatoms. The number of benzene rings is 1. The summed E-state index contributed by atoms with van der Waals surface area (Å²) in [5, 5.41) is 9.29. The number of hydrogen-bond acceptors (Lipinski definition) is 3. The zero-order valence-corrected chi connectivity index (χ0v) is 9.31. The van der Waals surface area contributed by atoms with Crippen molar-refractivity contribution in [2.24, 2.45) is 0 Å². The molecule has 3 rings (SSSR count). The van der Waals surface area contributed by atoms with E-state index in [9.17, 15) is 5.11 Å². The first kappa shape index (κ1) is 9.84. The fraction of sp³-hybridized carbons (Fsp3) is 0.0769. The Balaban J connectivity index is 2.17. The molecule has 2 heterocycles. The molecule has 2 aromatic heterocycles. The number of H-pyrrole nitrogens is 1. The van der Waals surface area contributed by atoms with Crippen LogP contribution in [-0.4, -0.2) is 20.1 Å². The monoisotopic (exact) mass is 225 g/mol. The van der Waals surface area contributed by atoms with Gasteiger partial charge in [-0.3, -0.25) is 4.98 Å². The molecule has 0 fully saturated rings. The van der Waals surface area contributed by atoms with Gasteiger partial charge in [-0.15, -0.1) is 0 Å². The molecule has 0 spiro atoms. The number of nitrogens with one attached hydrogen (secondary N) is 1. The maximum Gasteiger partial charge on any atom is 0.292 e. The lowest BCUT2D eigenvalue weighted by molar-refractivity contribution is 0.438. The largest absolute Gasteiger partial charge is 0.480 e. The minimum atomic E-state index is -0.0527. The molecule has 84 valence electrons. The lowest BCUT2D eigenvalue weighted by Crippen LogP contribution is -1.83. The van der Waals surface area contributed by atoms with Gasteiger partial charge < -0.3 is 10.1 Å². The summed E-state index contributed by atoms with van der Waals surface area (Å²) in [7, 11) is 0. The van der Waals surface area contributed by atoms with E-state index in [4.69, 9.17) is 0 Å². The summed E-state index contributed by atoms with van der Waals surface area (Å²) in [6.45, 7) is 1.96. The molecule has 0 amide bonds. The third kappa shape index (κ3) is 1.73. The Morgan fingerprint density at radius 1 is 1.12 bits per heavy atom. The summed E-state index contributed by atoms with van der Waals surface area (Å²) < 4.78 is 0. The van der Waals surface area contributed by atoms with Crippen molar-refractivity contribution < 1.29 is 5.11 Å². The Kier molecular flexibility index (Phi) is 2.08. The van der Waals surface area contributed by atoms with Crippen molar-refractivity contribution in [1.82, 2.24) is 15.0 Å². The van der Waals surface area contributed by atoms with Gasteiger partial charge in [0.05, 0.1) is 11.0 Å². The van der Waals surface area contributed by atoms with Crippen LogP contribution in [0.15, 0.2) is 36.5 Å². The van der Waals surface area contributed by atoms with Gasteiger partial charge in [0.25, 0.3) is 6.01 Å². The molecule has 0 atom stereocenters. The Morgan fingerprint density at radius 3 is 2.76 bits per heavy atom. The van der Waals surface area contributed by atoms with E-state index in [1.807, 2.05) is 37.3 Å². The number of fused-ring (bicyclic) bond motifs is 1. The van der Waals surface area contributed by atoms with Crippen LogP contribution in [-0.2, 0) is 0 Å². The molecule has 0 aliphatic carbocycles. The molecule has 3 aromatic rings. The van der Waals surface area contributed by atoms with Crippen LogP contribution in [0.25, 0.3) is 22.2 Å². The molecular weight excluding hydrogens is 214 g/mol. The van der Waals surface area contributed by atoms with Crippen molar-refractivity contribution >= 4 is 11.0 Å². The first-order valence-electron chi connectivity index (χ1n) is 5.34. The van der Waals surface area contributed by atoms with Gasteiger partial charge in [-0.25, -0.2) is 0 Å². The average Bonchev–Trinajstić information content (AvgIpc) is 2.68. The third-order valence-corrected chi connectivity index (χ3v) is 2.70. The standard InChI is InChI=1S/C13H11N3O/c1-8-6-10(4-5-14-8)9-2-3-11-12(7-9)16-13(17)15-11/h2-7H,1H3,(H2,15,16,17). The predicted octanol–water partition coefficient (Wildman–Crippen LogP) is 2.64. The van der Waals surface area contributed by atoms with Gasteiger partial charge in [0, 0.05) is 11.9 Å². The van der Waals surface area contributed by atoms with Crippen molar-refractivity contribution in [3.8, 4) is 17.1 Å². The molecule has 0 aliphatic rings. The topological polar surface area (TPSA) is 61.8 Å². The fourth-order valence-electron chi connectivity index (χ4n) is 1.90. The minimum Gasteiger partial charge on any atom is -0.480 e. The summed E-state index contributed by atoms with van der Waals surface area (Å²) in [6.07, 6.45) is 1.79. The number of aromatic amines is 1. The maximum atomic E-state index is 9.29. The lowest BCUT2D eigenvalue weighted by atomic mass is 10.1. The van der Waals surface area contributed by atoms with Crippen molar-refractivity contribution in [2.45, 2.75) is 6.92 Å². The van der Waals surface area contributed by atoms with Gasteiger partial charge in [-0.05, 0) is 42.3 Å². The molecule has 0 bridgehead atoms.